The van der Waals surface area contributed by atoms with Crippen LogP contribution in [0.15, 0.2) is 24.3 Å². The summed E-state index contributed by atoms with van der Waals surface area (Å²) in [6.45, 7) is 5.09. The van der Waals surface area contributed by atoms with Crippen LogP contribution in [0.4, 0.5) is 18.9 Å². The van der Waals surface area contributed by atoms with Crippen LogP contribution in [0.5, 0.6) is 0 Å². The zero-order valence-corrected chi connectivity index (χ0v) is 16.1. The van der Waals surface area contributed by atoms with Crippen molar-refractivity contribution in [1.29, 1.82) is 0 Å². The van der Waals surface area contributed by atoms with Crippen LogP contribution < -0.4 is 5.32 Å². The first-order chi connectivity index (χ1) is 13.8. The van der Waals surface area contributed by atoms with Crippen LogP contribution in [0, 0.1) is 0 Å². The second-order valence-corrected chi connectivity index (χ2v) is 7.14. The third-order valence-electron chi connectivity index (χ3n) is 5.06. The summed E-state index contributed by atoms with van der Waals surface area (Å²) in [6, 6.07) is 4.91. The number of nitrogens with zero attached hydrogens (tertiary/aromatic N) is 3. The molecule has 0 radical (unpaired) electrons. The van der Waals surface area contributed by atoms with Gasteiger partial charge in [0.25, 0.3) is 0 Å². The average Bonchev–Trinajstić information content (AvgIpc) is 2.69. The van der Waals surface area contributed by atoms with Crippen molar-refractivity contribution < 1.29 is 27.5 Å². The lowest BCUT2D eigenvalue weighted by Gasteiger charge is -2.36. The number of hydrogen-bond acceptors (Lipinski definition) is 5. The molecule has 0 saturated carbocycles. The average molecular weight is 414 g/mol. The quantitative estimate of drug-likeness (QED) is 0.783. The highest BCUT2D eigenvalue weighted by molar-refractivity contribution is 5.93. The van der Waals surface area contributed by atoms with Gasteiger partial charge in [0.05, 0.1) is 37.6 Å². The maximum absolute atomic E-state index is 13.0. The molecule has 1 N–H and O–H groups in total. The Balaban J connectivity index is 1.45. The molecule has 2 amide bonds. The minimum absolute atomic E-state index is 0.0162. The molecular formula is C19H25F3N4O3. The molecule has 7 nitrogen and oxygen atoms in total. The molecule has 2 heterocycles. The van der Waals surface area contributed by atoms with E-state index in [4.69, 9.17) is 4.74 Å². The van der Waals surface area contributed by atoms with Gasteiger partial charge < -0.3 is 15.0 Å². The van der Waals surface area contributed by atoms with Gasteiger partial charge >= 0.3 is 6.18 Å². The Morgan fingerprint density at radius 2 is 1.55 bits per heavy atom. The molecule has 0 atom stereocenters. The summed E-state index contributed by atoms with van der Waals surface area (Å²) >= 11 is 0. The lowest BCUT2D eigenvalue weighted by molar-refractivity contribution is -0.137. The smallest absolute Gasteiger partial charge is 0.379 e. The highest BCUT2D eigenvalue weighted by atomic mass is 19.4. The first-order valence-corrected chi connectivity index (χ1v) is 9.59. The van der Waals surface area contributed by atoms with Crippen molar-refractivity contribution in [3.8, 4) is 0 Å². The molecule has 0 aromatic heterocycles. The van der Waals surface area contributed by atoms with Gasteiger partial charge in [-0.3, -0.25) is 19.4 Å². The van der Waals surface area contributed by atoms with Gasteiger partial charge in [0, 0.05) is 39.3 Å². The molecule has 1 aromatic rings. The van der Waals surface area contributed by atoms with E-state index in [0.29, 0.717) is 45.9 Å². The maximum atomic E-state index is 13.0. The molecule has 2 saturated heterocycles. The highest BCUT2D eigenvalue weighted by Gasteiger charge is 2.33. The standard InChI is InChI=1S/C19H25F3N4O3/c20-19(21,22)15-3-1-2-4-16(15)23-17(27)13-24-5-7-26(8-6-24)18(28)14-25-9-11-29-12-10-25/h1-4H,5-14H2,(H,23,27). The molecule has 1 aromatic carbocycles. The third kappa shape index (κ3) is 6.15. The lowest BCUT2D eigenvalue weighted by atomic mass is 10.1. The number of anilines is 1. The van der Waals surface area contributed by atoms with E-state index in [2.05, 4.69) is 10.2 Å². The number of para-hydroxylation sites is 1. The summed E-state index contributed by atoms with van der Waals surface area (Å²) in [5.74, 6) is -0.454. The minimum Gasteiger partial charge on any atom is -0.379 e. The van der Waals surface area contributed by atoms with E-state index >= 15 is 0 Å². The molecule has 0 spiro atoms. The number of benzene rings is 1. The molecule has 29 heavy (non-hydrogen) atoms. The molecule has 2 aliphatic heterocycles. The Bertz CT molecular complexity index is 715. The Hall–Kier alpha value is -2.17. The van der Waals surface area contributed by atoms with Crippen LogP contribution in [-0.2, 0) is 20.5 Å². The van der Waals surface area contributed by atoms with Gasteiger partial charge in [-0.25, -0.2) is 0 Å². The van der Waals surface area contributed by atoms with E-state index in [9.17, 15) is 22.8 Å². The van der Waals surface area contributed by atoms with Gasteiger partial charge in [0.15, 0.2) is 0 Å². The fourth-order valence-electron chi connectivity index (χ4n) is 3.44. The SMILES string of the molecule is O=C(CN1CCN(C(=O)CN2CCOCC2)CC1)Nc1ccccc1C(F)(F)F. The summed E-state index contributed by atoms with van der Waals surface area (Å²) in [6.07, 6.45) is -4.53. The van der Waals surface area contributed by atoms with Gasteiger partial charge in [0.1, 0.15) is 0 Å². The number of ether oxygens (including phenoxy) is 1. The van der Waals surface area contributed by atoms with Gasteiger partial charge in [-0.2, -0.15) is 13.2 Å². The van der Waals surface area contributed by atoms with Gasteiger partial charge in [-0.1, -0.05) is 12.1 Å². The predicted octanol–water partition coefficient (Wildman–Crippen LogP) is 1.12. The number of piperazine rings is 1. The van der Waals surface area contributed by atoms with Crippen molar-refractivity contribution in [2.24, 2.45) is 0 Å². The second-order valence-electron chi connectivity index (χ2n) is 7.14. The molecule has 3 rings (SSSR count). The monoisotopic (exact) mass is 414 g/mol. The number of morpholine rings is 1. The van der Waals surface area contributed by atoms with Crippen LogP contribution in [-0.4, -0.2) is 92.1 Å². The van der Waals surface area contributed by atoms with Crippen molar-refractivity contribution in [2.75, 3.05) is 70.9 Å². The molecule has 2 fully saturated rings. The maximum Gasteiger partial charge on any atom is 0.418 e. The number of hydrogen-bond donors (Lipinski definition) is 1. The van der Waals surface area contributed by atoms with Crippen molar-refractivity contribution in [3.05, 3.63) is 29.8 Å². The summed E-state index contributed by atoms with van der Waals surface area (Å²) in [7, 11) is 0. The largest absolute Gasteiger partial charge is 0.418 e. The molecule has 0 aliphatic carbocycles. The molecular weight excluding hydrogens is 389 g/mol. The lowest BCUT2D eigenvalue weighted by Crippen LogP contribution is -2.53. The number of rotatable bonds is 5. The van der Waals surface area contributed by atoms with Gasteiger partial charge in [-0.05, 0) is 12.1 Å². The number of nitrogens with one attached hydrogen (secondary N) is 1. The van der Waals surface area contributed by atoms with E-state index in [1.807, 2.05) is 4.90 Å². The summed E-state index contributed by atoms with van der Waals surface area (Å²) in [5.41, 5.74) is -1.11. The van der Waals surface area contributed by atoms with Crippen LogP contribution in [0.3, 0.4) is 0 Å². The van der Waals surface area contributed by atoms with E-state index in [1.54, 1.807) is 4.90 Å². The van der Waals surface area contributed by atoms with Crippen LogP contribution in [0.1, 0.15) is 5.56 Å². The van der Waals surface area contributed by atoms with Gasteiger partial charge in [-0.15, -0.1) is 0 Å². The number of halogens is 3. The summed E-state index contributed by atoms with van der Waals surface area (Å²) < 4.78 is 44.4. The van der Waals surface area contributed by atoms with Crippen molar-refractivity contribution in [3.63, 3.8) is 0 Å². The number of carbonyl (C=O) groups is 2. The summed E-state index contributed by atoms with van der Waals surface area (Å²) in [4.78, 5) is 30.3. The number of carbonyl (C=O) groups excluding carboxylic acids is 2. The Kier molecular flexibility index (Phi) is 7.09. The predicted molar refractivity (Wildman–Crippen MR) is 100 cm³/mol. The molecule has 0 unspecified atom stereocenters. The molecule has 160 valence electrons. The Morgan fingerprint density at radius 3 is 2.21 bits per heavy atom. The van der Waals surface area contributed by atoms with Crippen LogP contribution in [0.25, 0.3) is 0 Å². The second kappa shape index (κ2) is 9.55. The first kappa shape index (κ1) is 21.5. The zero-order chi connectivity index (χ0) is 20.9. The normalized spacial score (nSPS) is 19.2. The molecule has 0 bridgehead atoms. The molecule has 2 aliphatic rings. The Labute approximate surface area is 167 Å². The van der Waals surface area contributed by atoms with Crippen molar-refractivity contribution in [1.82, 2.24) is 14.7 Å². The van der Waals surface area contributed by atoms with Gasteiger partial charge in [0.2, 0.25) is 11.8 Å². The summed E-state index contributed by atoms with van der Waals surface area (Å²) in [5, 5.41) is 2.35. The van der Waals surface area contributed by atoms with E-state index < -0.39 is 17.6 Å². The topological polar surface area (TPSA) is 65.1 Å². The van der Waals surface area contributed by atoms with E-state index in [-0.39, 0.29) is 18.1 Å². The van der Waals surface area contributed by atoms with Crippen molar-refractivity contribution in [2.45, 2.75) is 6.18 Å². The Morgan fingerprint density at radius 1 is 0.931 bits per heavy atom. The fraction of sp³-hybridized carbons (Fsp3) is 0.579. The van der Waals surface area contributed by atoms with Crippen LogP contribution in [0.2, 0.25) is 0 Å². The first-order valence-electron chi connectivity index (χ1n) is 9.59. The number of amides is 2. The minimum atomic E-state index is -4.53. The van der Waals surface area contributed by atoms with Crippen molar-refractivity contribution >= 4 is 17.5 Å². The number of alkyl halides is 3. The molecule has 10 heteroatoms. The highest BCUT2D eigenvalue weighted by Crippen LogP contribution is 2.34. The fourth-order valence-corrected chi connectivity index (χ4v) is 3.44. The van der Waals surface area contributed by atoms with Crippen LogP contribution >= 0.6 is 0 Å². The van der Waals surface area contributed by atoms with E-state index in [0.717, 1.165) is 19.2 Å². The van der Waals surface area contributed by atoms with E-state index in [1.165, 1.54) is 18.2 Å². The third-order valence-corrected chi connectivity index (χ3v) is 5.06. The zero-order valence-electron chi connectivity index (χ0n) is 16.1.